The molecule has 1 heterocycles. The van der Waals surface area contributed by atoms with Gasteiger partial charge >= 0.3 is 0 Å². The first-order valence-electron chi connectivity index (χ1n) is 8.50. The SMILES string of the molecule is CCn1ncc(/C=C/C(=O)Nc2ccc(Oc3ccccc3)cc2)c1C. The largest absolute Gasteiger partial charge is 0.457 e. The highest BCUT2D eigenvalue weighted by atomic mass is 16.5. The van der Waals surface area contributed by atoms with E-state index in [4.69, 9.17) is 4.74 Å². The van der Waals surface area contributed by atoms with E-state index in [1.165, 1.54) is 6.08 Å². The first-order valence-corrected chi connectivity index (χ1v) is 8.50. The zero-order valence-electron chi connectivity index (χ0n) is 14.8. The number of aryl methyl sites for hydroxylation is 1. The summed E-state index contributed by atoms with van der Waals surface area (Å²) in [5.74, 6) is 1.30. The van der Waals surface area contributed by atoms with Gasteiger partial charge in [-0.25, -0.2) is 0 Å². The molecular formula is C21H21N3O2. The van der Waals surface area contributed by atoms with Crippen molar-refractivity contribution in [1.82, 2.24) is 9.78 Å². The van der Waals surface area contributed by atoms with Gasteiger partial charge < -0.3 is 10.1 Å². The number of nitrogens with zero attached hydrogens (tertiary/aromatic N) is 2. The molecule has 3 aromatic rings. The summed E-state index contributed by atoms with van der Waals surface area (Å²) in [5.41, 5.74) is 2.69. The van der Waals surface area contributed by atoms with Crippen LogP contribution in [0.2, 0.25) is 0 Å². The van der Waals surface area contributed by atoms with Crippen LogP contribution in [0.25, 0.3) is 6.08 Å². The van der Waals surface area contributed by atoms with Crippen LogP contribution in [-0.2, 0) is 11.3 Å². The Labute approximate surface area is 152 Å². The van der Waals surface area contributed by atoms with Crippen LogP contribution in [0.4, 0.5) is 5.69 Å². The topological polar surface area (TPSA) is 56.2 Å². The number of amides is 1. The lowest BCUT2D eigenvalue weighted by atomic mass is 10.2. The molecule has 2 aromatic carbocycles. The molecule has 5 nitrogen and oxygen atoms in total. The maximum absolute atomic E-state index is 12.1. The summed E-state index contributed by atoms with van der Waals surface area (Å²) in [6, 6.07) is 16.8. The van der Waals surface area contributed by atoms with Crippen molar-refractivity contribution in [2.24, 2.45) is 0 Å². The van der Waals surface area contributed by atoms with Gasteiger partial charge in [-0.15, -0.1) is 0 Å². The van der Waals surface area contributed by atoms with Gasteiger partial charge in [0.05, 0.1) is 6.20 Å². The fourth-order valence-electron chi connectivity index (χ4n) is 2.52. The third-order valence-corrected chi connectivity index (χ3v) is 3.96. The minimum absolute atomic E-state index is 0.189. The normalized spacial score (nSPS) is 10.8. The van der Waals surface area contributed by atoms with Crippen molar-refractivity contribution in [3.63, 3.8) is 0 Å². The van der Waals surface area contributed by atoms with Crippen LogP contribution in [0.15, 0.2) is 66.9 Å². The Morgan fingerprint density at radius 1 is 1.12 bits per heavy atom. The molecule has 0 fully saturated rings. The van der Waals surface area contributed by atoms with Crippen LogP contribution in [0.1, 0.15) is 18.2 Å². The summed E-state index contributed by atoms with van der Waals surface area (Å²) < 4.78 is 7.63. The van der Waals surface area contributed by atoms with Gasteiger partial charge in [0.1, 0.15) is 11.5 Å². The quantitative estimate of drug-likeness (QED) is 0.660. The van der Waals surface area contributed by atoms with Gasteiger partial charge in [0, 0.05) is 29.6 Å². The van der Waals surface area contributed by atoms with E-state index in [0.717, 1.165) is 23.6 Å². The number of rotatable bonds is 6. The van der Waals surface area contributed by atoms with Crippen molar-refractivity contribution in [2.75, 3.05) is 5.32 Å². The molecule has 0 aliphatic rings. The van der Waals surface area contributed by atoms with Gasteiger partial charge in [0.2, 0.25) is 5.91 Å². The van der Waals surface area contributed by atoms with Crippen molar-refractivity contribution in [3.05, 3.63) is 78.1 Å². The number of hydrogen-bond acceptors (Lipinski definition) is 3. The van der Waals surface area contributed by atoms with Gasteiger partial charge in [-0.05, 0) is 56.3 Å². The summed E-state index contributed by atoms with van der Waals surface area (Å²) in [7, 11) is 0. The van der Waals surface area contributed by atoms with Crippen LogP contribution in [0, 0.1) is 6.92 Å². The van der Waals surface area contributed by atoms with Crippen molar-refractivity contribution >= 4 is 17.7 Å². The minimum Gasteiger partial charge on any atom is -0.457 e. The summed E-state index contributed by atoms with van der Waals surface area (Å²) in [4.78, 5) is 12.1. The predicted octanol–water partition coefficient (Wildman–Crippen LogP) is 4.66. The lowest BCUT2D eigenvalue weighted by Gasteiger charge is -2.07. The lowest BCUT2D eigenvalue weighted by molar-refractivity contribution is -0.111. The van der Waals surface area contributed by atoms with E-state index < -0.39 is 0 Å². The zero-order chi connectivity index (χ0) is 18.4. The molecule has 26 heavy (non-hydrogen) atoms. The van der Waals surface area contributed by atoms with Gasteiger partial charge in [-0.1, -0.05) is 18.2 Å². The summed E-state index contributed by atoms with van der Waals surface area (Å²) in [6.45, 7) is 4.83. The van der Waals surface area contributed by atoms with Gasteiger partial charge in [0.25, 0.3) is 0 Å². The van der Waals surface area contributed by atoms with Gasteiger partial charge in [-0.2, -0.15) is 5.10 Å². The average molecular weight is 347 g/mol. The number of anilines is 1. The first kappa shape index (κ1) is 17.5. The van der Waals surface area contributed by atoms with Crippen molar-refractivity contribution in [2.45, 2.75) is 20.4 Å². The second-order valence-electron chi connectivity index (χ2n) is 5.76. The molecule has 132 valence electrons. The monoisotopic (exact) mass is 347 g/mol. The molecule has 0 radical (unpaired) electrons. The number of hydrogen-bond donors (Lipinski definition) is 1. The van der Waals surface area contributed by atoms with Crippen LogP contribution in [0.3, 0.4) is 0 Å². The van der Waals surface area contributed by atoms with E-state index in [0.29, 0.717) is 11.4 Å². The number of carbonyl (C=O) groups excluding carboxylic acids is 1. The molecule has 0 spiro atoms. The molecule has 3 rings (SSSR count). The Bertz CT molecular complexity index is 897. The van der Waals surface area contributed by atoms with Crippen molar-refractivity contribution < 1.29 is 9.53 Å². The van der Waals surface area contributed by atoms with E-state index in [2.05, 4.69) is 10.4 Å². The number of ether oxygens (including phenoxy) is 1. The molecule has 5 heteroatoms. The summed E-state index contributed by atoms with van der Waals surface area (Å²) in [5, 5.41) is 7.10. The molecule has 0 saturated carbocycles. The highest BCUT2D eigenvalue weighted by Gasteiger charge is 2.03. The van der Waals surface area contributed by atoms with E-state index in [-0.39, 0.29) is 5.91 Å². The highest BCUT2D eigenvalue weighted by Crippen LogP contribution is 2.22. The molecule has 0 unspecified atom stereocenters. The number of benzene rings is 2. The maximum Gasteiger partial charge on any atom is 0.248 e. The molecule has 1 aromatic heterocycles. The van der Waals surface area contributed by atoms with E-state index in [9.17, 15) is 4.79 Å². The predicted molar refractivity (Wildman–Crippen MR) is 103 cm³/mol. The van der Waals surface area contributed by atoms with Crippen molar-refractivity contribution in [3.8, 4) is 11.5 Å². The molecule has 0 saturated heterocycles. The third-order valence-electron chi connectivity index (χ3n) is 3.96. The molecule has 0 aliphatic carbocycles. The molecule has 1 N–H and O–H groups in total. The fourth-order valence-corrected chi connectivity index (χ4v) is 2.52. The number of carbonyl (C=O) groups is 1. The zero-order valence-corrected chi connectivity index (χ0v) is 14.8. The Hall–Kier alpha value is -3.34. The van der Waals surface area contributed by atoms with Gasteiger partial charge in [0.15, 0.2) is 0 Å². The minimum atomic E-state index is -0.189. The molecule has 0 atom stereocenters. The van der Waals surface area contributed by atoms with E-state index in [1.807, 2.05) is 73.1 Å². The smallest absolute Gasteiger partial charge is 0.248 e. The van der Waals surface area contributed by atoms with Crippen LogP contribution in [-0.4, -0.2) is 15.7 Å². The van der Waals surface area contributed by atoms with Crippen molar-refractivity contribution in [1.29, 1.82) is 0 Å². The maximum atomic E-state index is 12.1. The first-order chi connectivity index (χ1) is 12.7. The average Bonchev–Trinajstić information content (AvgIpc) is 3.02. The lowest BCUT2D eigenvalue weighted by Crippen LogP contribution is -2.07. The number of para-hydroxylation sites is 1. The second kappa shape index (κ2) is 8.16. The van der Waals surface area contributed by atoms with Crippen LogP contribution < -0.4 is 10.1 Å². The Morgan fingerprint density at radius 2 is 1.81 bits per heavy atom. The molecular weight excluding hydrogens is 326 g/mol. The Morgan fingerprint density at radius 3 is 2.46 bits per heavy atom. The molecule has 0 aliphatic heterocycles. The molecule has 1 amide bonds. The number of aromatic nitrogens is 2. The van der Waals surface area contributed by atoms with E-state index in [1.54, 1.807) is 12.3 Å². The fraction of sp³-hybridized carbons (Fsp3) is 0.143. The summed E-state index contributed by atoms with van der Waals surface area (Å²) >= 11 is 0. The standard InChI is InChI=1S/C21H21N3O2/c1-3-24-16(2)17(15-22-24)9-14-21(25)23-18-10-12-20(13-11-18)26-19-7-5-4-6-8-19/h4-15H,3H2,1-2H3,(H,23,25)/b14-9+. The molecule has 0 bridgehead atoms. The van der Waals surface area contributed by atoms with E-state index >= 15 is 0 Å². The van der Waals surface area contributed by atoms with Crippen LogP contribution >= 0.6 is 0 Å². The third kappa shape index (κ3) is 4.39. The number of nitrogens with one attached hydrogen (secondary N) is 1. The summed E-state index contributed by atoms with van der Waals surface area (Å²) in [6.07, 6.45) is 5.05. The Kier molecular flexibility index (Phi) is 5.49. The van der Waals surface area contributed by atoms with Crippen LogP contribution in [0.5, 0.6) is 11.5 Å². The Balaban J connectivity index is 1.59. The second-order valence-corrected chi connectivity index (χ2v) is 5.76. The highest BCUT2D eigenvalue weighted by molar-refractivity contribution is 6.02. The van der Waals surface area contributed by atoms with Gasteiger partial charge in [-0.3, -0.25) is 9.48 Å².